The van der Waals surface area contributed by atoms with Crippen molar-refractivity contribution in [2.24, 2.45) is 0 Å². The van der Waals surface area contributed by atoms with E-state index < -0.39 is 20.9 Å². The summed E-state index contributed by atoms with van der Waals surface area (Å²) in [6.07, 6.45) is 3.34. The standard InChI is InChI=1S/C21H22FN3O2S/c1-2-20(15-9-11-16(22)12-10-15)28(26,27)21-18-7-3-4-8-19(18)25(24-21)17-6-5-13-23-14-17/h2-4,7-12,17,20,23H,1,5-6,13-14H2. The molecule has 4 rings (SSSR count). The topological polar surface area (TPSA) is 64.0 Å². The Morgan fingerprint density at radius 1 is 1.21 bits per heavy atom. The Balaban J connectivity index is 1.85. The fourth-order valence-corrected chi connectivity index (χ4v) is 5.50. The van der Waals surface area contributed by atoms with Gasteiger partial charge in [-0.1, -0.05) is 30.3 Å². The zero-order chi connectivity index (χ0) is 19.7. The Labute approximate surface area is 163 Å². The minimum absolute atomic E-state index is 0.0444. The maximum atomic E-state index is 13.5. The first kappa shape index (κ1) is 18.8. The van der Waals surface area contributed by atoms with Crippen molar-refractivity contribution in [1.29, 1.82) is 0 Å². The zero-order valence-corrected chi connectivity index (χ0v) is 16.2. The molecule has 3 aromatic rings. The minimum Gasteiger partial charge on any atom is -0.315 e. The van der Waals surface area contributed by atoms with Crippen LogP contribution in [0, 0.1) is 5.82 Å². The number of hydrogen-bond donors (Lipinski definition) is 1. The molecule has 1 aromatic heterocycles. The van der Waals surface area contributed by atoms with Gasteiger partial charge in [0, 0.05) is 11.9 Å². The number of fused-ring (bicyclic) bond motifs is 1. The minimum atomic E-state index is -3.85. The third kappa shape index (κ3) is 3.25. The van der Waals surface area contributed by atoms with Crippen LogP contribution in [0.15, 0.2) is 66.2 Å². The Morgan fingerprint density at radius 3 is 2.64 bits per heavy atom. The highest BCUT2D eigenvalue weighted by atomic mass is 32.2. The molecular formula is C21H22FN3O2S. The molecule has 1 aliphatic rings. The molecule has 2 heterocycles. The highest BCUT2D eigenvalue weighted by Gasteiger charge is 2.32. The smallest absolute Gasteiger partial charge is 0.208 e. The van der Waals surface area contributed by atoms with E-state index in [-0.39, 0.29) is 11.1 Å². The molecule has 7 heteroatoms. The molecule has 2 atom stereocenters. The van der Waals surface area contributed by atoms with Gasteiger partial charge in [0.05, 0.1) is 11.6 Å². The van der Waals surface area contributed by atoms with Crippen LogP contribution in [0.2, 0.25) is 0 Å². The molecular weight excluding hydrogens is 377 g/mol. The number of nitrogens with zero attached hydrogens (tertiary/aromatic N) is 2. The molecule has 1 fully saturated rings. The van der Waals surface area contributed by atoms with Crippen molar-refractivity contribution in [2.45, 2.75) is 29.2 Å². The van der Waals surface area contributed by atoms with Crippen molar-refractivity contribution < 1.29 is 12.8 Å². The van der Waals surface area contributed by atoms with E-state index in [4.69, 9.17) is 0 Å². The molecule has 1 N–H and O–H groups in total. The molecule has 28 heavy (non-hydrogen) atoms. The van der Waals surface area contributed by atoms with Crippen molar-refractivity contribution in [3.8, 4) is 0 Å². The lowest BCUT2D eigenvalue weighted by molar-refractivity contribution is 0.350. The van der Waals surface area contributed by atoms with Crippen LogP contribution in [-0.4, -0.2) is 31.3 Å². The first-order valence-corrected chi connectivity index (χ1v) is 10.9. The molecule has 0 aliphatic carbocycles. The fraction of sp³-hybridized carbons (Fsp3) is 0.286. The predicted molar refractivity (Wildman–Crippen MR) is 107 cm³/mol. The summed E-state index contributed by atoms with van der Waals surface area (Å²) >= 11 is 0. The summed E-state index contributed by atoms with van der Waals surface area (Å²) in [5.41, 5.74) is 1.27. The number of nitrogens with one attached hydrogen (secondary N) is 1. The van der Waals surface area contributed by atoms with Gasteiger partial charge in [-0.2, -0.15) is 5.10 Å². The fourth-order valence-electron chi connectivity index (χ4n) is 3.81. The highest BCUT2D eigenvalue weighted by Crippen LogP contribution is 2.35. The van der Waals surface area contributed by atoms with Crippen LogP contribution in [0.5, 0.6) is 0 Å². The van der Waals surface area contributed by atoms with Crippen molar-refractivity contribution in [2.75, 3.05) is 13.1 Å². The van der Waals surface area contributed by atoms with Crippen LogP contribution in [0.1, 0.15) is 29.7 Å². The third-order valence-electron chi connectivity index (χ3n) is 5.21. The Bertz CT molecular complexity index is 1100. The Kier molecular flexibility index (Phi) is 5.03. The van der Waals surface area contributed by atoms with E-state index in [1.807, 2.05) is 22.9 Å². The molecule has 0 bridgehead atoms. The molecule has 0 radical (unpaired) electrons. The van der Waals surface area contributed by atoms with Gasteiger partial charge in [-0.05, 0) is 49.2 Å². The zero-order valence-electron chi connectivity index (χ0n) is 15.4. The van der Waals surface area contributed by atoms with Crippen LogP contribution >= 0.6 is 0 Å². The summed E-state index contributed by atoms with van der Waals surface area (Å²) in [5, 5.41) is 7.56. The molecule has 2 aromatic carbocycles. The van der Waals surface area contributed by atoms with Crippen molar-refractivity contribution in [1.82, 2.24) is 15.1 Å². The summed E-state index contributed by atoms with van der Waals surface area (Å²) in [4.78, 5) is 0. The number of halogens is 1. The second-order valence-corrected chi connectivity index (χ2v) is 9.00. The summed E-state index contributed by atoms with van der Waals surface area (Å²) in [5.74, 6) is -0.413. The molecule has 1 saturated heterocycles. The highest BCUT2D eigenvalue weighted by molar-refractivity contribution is 7.92. The second-order valence-electron chi connectivity index (χ2n) is 7.02. The average molecular weight is 399 g/mol. The van der Waals surface area contributed by atoms with Crippen molar-refractivity contribution >= 4 is 20.7 Å². The summed E-state index contributed by atoms with van der Waals surface area (Å²) < 4.78 is 42.1. The lowest BCUT2D eigenvalue weighted by Crippen LogP contribution is -2.32. The van der Waals surface area contributed by atoms with Crippen LogP contribution in [0.3, 0.4) is 0 Å². The normalized spacial score (nSPS) is 18.8. The monoisotopic (exact) mass is 399 g/mol. The van der Waals surface area contributed by atoms with Gasteiger partial charge in [0.2, 0.25) is 9.84 Å². The van der Waals surface area contributed by atoms with E-state index in [2.05, 4.69) is 17.0 Å². The number of hydrogen-bond acceptors (Lipinski definition) is 4. The Morgan fingerprint density at radius 2 is 1.96 bits per heavy atom. The van der Waals surface area contributed by atoms with Crippen LogP contribution in [-0.2, 0) is 9.84 Å². The SMILES string of the molecule is C=CC(c1ccc(F)cc1)S(=O)(=O)c1nn(C2CCCNC2)c2ccccc12. The summed E-state index contributed by atoms with van der Waals surface area (Å²) in [6.45, 7) is 5.43. The lowest BCUT2D eigenvalue weighted by atomic mass is 10.1. The van der Waals surface area contributed by atoms with Crippen LogP contribution in [0.25, 0.3) is 10.9 Å². The first-order chi connectivity index (χ1) is 13.5. The van der Waals surface area contributed by atoms with Gasteiger partial charge >= 0.3 is 0 Å². The second kappa shape index (κ2) is 7.48. The molecule has 2 unspecified atom stereocenters. The maximum absolute atomic E-state index is 13.5. The van der Waals surface area contributed by atoms with Gasteiger partial charge in [0.15, 0.2) is 5.03 Å². The van der Waals surface area contributed by atoms with Crippen LogP contribution in [0.4, 0.5) is 4.39 Å². The molecule has 1 aliphatic heterocycles. The molecule has 0 amide bonds. The maximum Gasteiger partial charge on any atom is 0.208 e. The Hall–Kier alpha value is -2.51. The molecule has 0 spiro atoms. The largest absolute Gasteiger partial charge is 0.315 e. The predicted octanol–water partition coefficient (Wildman–Crippen LogP) is 3.80. The van der Waals surface area contributed by atoms with E-state index in [1.165, 1.54) is 30.3 Å². The van der Waals surface area contributed by atoms with Gasteiger partial charge in [-0.15, -0.1) is 6.58 Å². The quantitative estimate of drug-likeness (QED) is 0.663. The number of benzene rings is 2. The van der Waals surface area contributed by atoms with E-state index in [1.54, 1.807) is 6.07 Å². The number of piperidine rings is 1. The van der Waals surface area contributed by atoms with Gasteiger partial charge in [0.1, 0.15) is 11.1 Å². The third-order valence-corrected chi connectivity index (χ3v) is 7.19. The number of para-hydroxylation sites is 1. The van der Waals surface area contributed by atoms with E-state index in [0.717, 1.165) is 31.4 Å². The van der Waals surface area contributed by atoms with E-state index in [0.29, 0.717) is 10.9 Å². The summed E-state index contributed by atoms with van der Waals surface area (Å²) in [7, 11) is -3.85. The first-order valence-electron chi connectivity index (χ1n) is 9.32. The molecule has 146 valence electrons. The lowest BCUT2D eigenvalue weighted by Gasteiger charge is -2.23. The van der Waals surface area contributed by atoms with Crippen molar-refractivity contribution in [3.63, 3.8) is 0 Å². The van der Waals surface area contributed by atoms with Gasteiger partial charge in [0.25, 0.3) is 0 Å². The number of sulfone groups is 1. The van der Waals surface area contributed by atoms with E-state index >= 15 is 0 Å². The average Bonchev–Trinajstić information content (AvgIpc) is 3.11. The van der Waals surface area contributed by atoms with Gasteiger partial charge < -0.3 is 5.32 Å². The van der Waals surface area contributed by atoms with Crippen molar-refractivity contribution in [3.05, 3.63) is 72.6 Å². The van der Waals surface area contributed by atoms with Gasteiger partial charge in [-0.3, -0.25) is 4.68 Å². The van der Waals surface area contributed by atoms with Crippen LogP contribution < -0.4 is 5.32 Å². The molecule has 5 nitrogen and oxygen atoms in total. The number of aromatic nitrogens is 2. The summed E-state index contributed by atoms with van der Waals surface area (Å²) in [6, 6.07) is 13.0. The number of rotatable bonds is 5. The molecule has 0 saturated carbocycles. The van der Waals surface area contributed by atoms with E-state index in [9.17, 15) is 12.8 Å². The van der Waals surface area contributed by atoms with Gasteiger partial charge in [-0.25, -0.2) is 12.8 Å².